The molecule has 0 bridgehead atoms. The number of Topliss-reactive ketones (excluding diaryl/α,β-unsaturated/α-hetero) is 1. The van der Waals surface area contributed by atoms with Gasteiger partial charge in [-0.1, -0.05) is 18.2 Å². The van der Waals surface area contributed by atoms with Crippen LogP contribution in [0.4, 0.5) is 0 Å². The number of carbonyl (C=O) groups is 2. The molecular formula is C21H25N3O3. The van der Waals surface area contributed by atoms with Gasteiger partial charge in [-0.15, -0.1) is 0 Å². The second kappa shape index (κ2) is 7.64. The minimum atomic E-state index is -0.0517. The molecule has 0 atom stereocenters. The third kappa shape index (κ3) is 3.81. The second-order valence-electron chi connectivity index (χ2n) is 7.51. The van der Waals surface area contributed by atoms with Crippen LogP contribution in [-0.4, -0.2) is 52.7 Å². The molecule has 0 saturated carbocycles. The number of hydrogen-bond donors (Lipinski definition) is 1. The average molecular weight is 367 g/mol. The van der Waals surface area contributed by atoms with Crippen molar-refractivity contribution >= 4 is 22.5 Å². The molecule has 1 amide bonds. The van der Waals surface area contributed by atoms with Gasteiger partial charge in [0.2, 0.25) is 5.91 Å². The number of nitrogens with one attached hydrogen (secondary N) is 1. The molecule has 1 fully saturated rings. The third-order valence-electron chi connectivity index (χ3n) is 5.74. The largest absolute Gasteiger partial charge is 0.338 e. The van der Waals surface area contributed by atoms with E-state index in [0.717, 1.165) is 42.7 Å². The number of amides is 1. The highest BCUT2D eigenvalue weighted by atomic mass is 16.2. The van der Waals surface area contributed by atoms with Crippen LogP contribution in [0.1, 0.15) is 36.9 Å². The first-order valence-corrected chi connectivity index (χ1v) is 9.76. The fourth-order valence-electron chi connectivity index (χ4n) is 4.15. The summed E-state index contributed by atoms with van der Waals surface area (Å²) in [5, 5.41) is 1.64. The molecule has 27 heavy (non-hydrogen) atoms. The Kier molecular flexibility index (Phi) is 5.07. The molecule has 2 aromatic rings. The molecule has 3 heterocycles. The highest BCUT2D eigenvalue weighted by Gasteiger charge is 2.23. The van der Waals surface area contributed by atoms with Crippen LogP contribution >= 0.6 is 0 Å². The molecular weight excluding hydrogens is 342 g/mol. The van der Waals surface area contributed by atoms with E-state index in [-0.39, 0.29) is 11.5 Å². The van der Waals surface area contributed by atoms with E-state index in [2.05, 4.69) is 9.88 Å². The van der Waals surface area contributed by atoms with E-state index in [1.807, 2.05) is 29.2 Å². The predicted molar refractivity (Wildman–Crippen MR) is 104 cm³/mol. The number of hydrogen-bond acceptors (Lipinski definition) is 4. The van der Waals surface area contributed by atoms with Crippen molar-refractivity contribution in [2.24, 2.45) is 0 Å². The Morgan fingerprint density at radius 3 is 2.52 bits per heavy atom. The maximum atomic E-state index is 12.7. The lowest BCUT2D eigenvalue weighted by Gasteiger charge is -2.30. The topological polar surface area (TPSA) is 73.5 Å². The molecule has 1 aromatic heterocycles. The second-order valence-corrected chi connectivity index (χ2v) is 7.51. The van der Waals surface area contributed by atoms with Crippen LogP contribution in [0.15, 0.2) is 29.1 Å². The molecule has 0 unspecified atom stereocenters. The van der Waals surface area contributed by atoms with E-state index in [1.54, 1.807) is 0 Å². The molecule has 1 saturated heterocycles. The van der Waals surface area contributed by atoms with Crippen LogP contribution in [0.25, 0.3) is 10.8 Å². The number of aromatic nitrogens is 1. The summed E-state index contributed by atoms with van der Waals surface area (Å²) in [6.45, 7) is 3.73. The average Bonchev–Trinajstić information content (AvgIpc) is 2.69. The number of piperidine rings is 1. The molecule has 2 aliphatic heterocycles. The molecule has 6 heteroatoms. The highest BCUT2D eigenvalue weighted by Crippen LogP contribution is 2.24. The van der Waals surface area contributed by atoms with Gasteiger partial charge in [0.25, 0.3) is 5.56 Å². The van der Waals surface area contributed by atoms with Crippen LogP contribution in [0.5, 0.6) is 0 Å². The van der Waals surface area contributed by atoms with Crippen molar-refractivity contribution in [2.45, 2.75) is 38.6 Å². The lowest BCUT2D eigenvalue weighted by atomic mass is 9.98. The number of aromatic amines is 1. The van der Waals surface area contributed by atoms with Crippen LogP contribution in [0.3, 0.4) is 0 Å². The fraction of sp³-hybridized carbons (Fsp3) is 0.476. The van der Waals surface area contributed by atoms with Crippen molar-refractivity contribution in [3.05, 3.63) is 45.9 Å². The zero-order valence-corrected chi connectivity index (χ0v) is 15.5. The molecule has 4 rings (SSSR count). The number of fused-ring (bicyclic) bond motifs is 3. The minimum Gasteiger partial charge on any atom is -0.338 e. The lowest BCUT2D eigenvalue weighted by molar-refractivity contribution is -0.132. The van der Waals surface area contributed by atoms with Gasteiger partial charge in [0, 0.05) is 62.9 Å². The van der Waals surface area contributed by atoms with Crippen LogP contribution < -0.4 is 5.56 Å². The quantitative estimate of drug-likeness (QED) is 0.895. The Morgan fingerprint density at radius 1 is 1.00 bits per heavy atom. The molecule has 6 nitrogen and oxygen atoms in total. The number of pyridine rings is 1. The zero-order valence-electron chi connectivity index (χ0n) is 15.5. The predicted octanol–water partition coefficient (Wildman–Crippen LogP) is 1.86. The Hall–Kier alpha value is -2.47. The van der Waals surface area contributed by atoms with Crippen molar-refractivity contribution < 1.29 is 9.59 Å². The Labute approximate surface area is 158 Å². The summed E-state index contributed by atoms with van der Waals surface area (Å²) in [6.07, 6.45) is 3.32. The van der Waals surface area contributed by atoms with Crippen LogP contribution in [0.2, 0.25) is 0 Å². The normalized spacial score (nSPS) is 17.9. The summed E-state index contributed by atoms with van der Waals surface area (Å²) < 4.78 is 0. The first kappa shape index (κ1) is 17.9. The number of benzene rings is 1. The number of H-pyrrole nitrogens is 1. The summed E-state index contributed by atoms with van der Waals surface area (Å²) in [5.74, 6) is 0.517. The van der Waals surface area contributed by atoms with E-state index in [9.17, 15) is 14.4 Å². The van der Waals surface area contributed by atoms with E-state index in [4.69, 9.17) is 0 Å². The number of nitrogens with zero attached hydrogens (tertiary/aromatic N) is 2. The smallest absolute Gasteiger partial charge is 0.256 e. The number of rotatable bonds is 4. The first-order valence-electron chi connectivity index (χ1n) is 9.76. The highest BCUT2D eigenvalue weighted by molar-refractivity contribution is 5.86. The van der Waals surface area contributed by atoms with Gasteiger partial charge in [0.05, 0.1) is 0 Å². The van der Waals surface area contributed by atoms with Crippen molar-refractivity contribution in [3.8, 4) is 0 Å². The maximum absolute atomic E-state index is 12.7. The summed E-state index contributed by atoms with van der Waals surface area (Å²) in [6, 6.07) is 7.60. The van der Waals surface area contributed by atoms with Gasteiger partial charge < -0.3 is 14.8 Å². The van der Waals surface area contributed by atoms with Crippen LogP contribution in [-0.2, 0) is 22.6 Å². The van der Waals surface area contributed by atoms with Crippen molar-refractivity contribution in [1.82, 2.24) is 14.8 Å². The van der Waals surface area contributed by atoms with E-state index in [0.29, 0.717) is 49.9 Å². The molecule has 0 aliphatic carbocycles. The fourth-order valence-corrected chi connectivity index (χ4v) is 4.15. The van der Waals surface area contributed by atoms with E-state index >= 15 is 0 Å². The summed E-state index contributed by atoms with van der Waals surface area (Å²) in [7, 11) is 0. The summed E-state index contributed by atoms with van der Waals surface area (Å²) >= 11 is 0. The molecule has 1 N–H and O–H groups in total. The van der Waals surface area contributed by atoms with Gasteiger partial charge in [-0.3, -0.25) is 14.4 Å². The molecule has 142 valence electrons. The lowest BCUT2D eigenvalue weighted by Crippen LogP contribution is -2.38. The van der Waals surface area contributed by atoms with Gasteiger partial charge in [0.1, 0.15) is 5.78 Å². The minimum absolute atomic E-state index is 0.0517. The van der Waals surface area contributed by atoms with Gasteiger partial charge in [0.15, 0.2) is 0 Å². The summed E-state index contributed by atoms with van der Waals surface area (Å²) in [4.78, 5) is 43.4. The van der Waals surface area contributed by atoms with Gasteiger partial charge >= 0.3 is 0 Å². The monoisotopic (exact) mass is 367 g/mol. The Balaban J connectivity index is 1.39. The molecule has 1 aromatic carbocycles. The van der Waals surface area contributed by atoms with Gasteiger partial charge in [-0.05, 0) is 30.0 Å². The van der Waals surface area contributed by atoms with Crippen molar-refractivity contribution in [3.63, 3.8) is 0 Å². The molecule has 0 spiro atoms. The number of likely N-dealkylation sites (tertiary alicyclic amines) is 1. The van der Waals surface area contributed by atoms with Gasteiger partial charge in [-0.25, -0.2) is 0 Å². The van der Waals surface area contributed by atoms with Gasteiger partial charge in [-0.2, -0.15) is 0 Å². The van der Waals surface area contributed by atoms with Crippen LogP contribution in [0, 0.1) is 0 Å². The Bertz CT molecular complexity index is 924. The molecule has 0 radical (unpaired) electrons. The zero-order chi connectivity index (χ0) is 18.8. The standard InChI is InChI=1S/C21H25N3O3/c25-15-7-11-23(12-8-15)10-3-6-20(26)24-13-9-19-18(14-24)16-4-1-2-5-17(16)21(27)22-19/h1-2,4-5H,3,6-14H2,(H,22,27). The summed E-state index contributed by atoms with van der Waals surface area (Å²) in [5.41, 5.74) is 1.98. The molecule has 2 aliphatic rings. The van der Waals surface area contributed by atoms with Crippen molar-refractivity contribution in [2.75, 3.05) is 26.2 Å². The number of carbonyl (C=O) groups excluding carboxylic acids is 2. The van der Waals surface area contributed by atoms with Crippen molar-refractivity contribution in [1.29, 1.82) is 0 Å². The third-order valence-corrected chi connectivity index (χ3v) is 5.74. The maximum Gasteiger partial charge on any atom is 0.256 e. The van der Waals surface area contributed by atoms with E-state index < -0.39 is 0 Å². The first-order chi connectivity index (χ1) is 13.1. The Morgan fingerprint density at radius 2 is 1.74 bits per heavy atom. The van der Waals surface area contributed by atoms with E-state index in [1.165, 1.54) is 0 Å². The SMILES string of the molecule is O=C1CCN(CCCC(=O)N2CCc3[nH]c(=O)c4ccccc4c3C2)CC1. The number of ketones is 1.